The number of hydrogen-bond acceptors (Lipinski definition) is 4. The van der Waals surface area contributed by atoms with Crippen LogP contribution in [0.4, 0.5) is 22.7 Å². The van der Waals surface area contributed by atoms with Gasteiger partial charge in [0, 0.05) is 36.2 Å². The molecular weight excluding hydrogens is 242 g/mol. The highest BCUT2D eigenvalue weighted by atomic mass is 16.6. The molecule has 0 saturated heterocycles. The third-order valence-corrected chi connectivity index (χ3v) is 2.76. The molecule has 0 heterocycles. The highest BCUT2D eigenvalue weighted by Gasteiger charge is 2.09. The number of benzene rings is 2. The van der Waals surface area contributed by atoms with Crippen molar-refractivity contribution in [2.24, 2.45) is 0 Å². The molecule has 0 atom stereocenters. The zero-order chi connectivity index (χ0) is 13.8. The van der Waals surface area contributed by atoms with Crippen LogP contribution in [0.5, 0.6) is 0 Å². The lowest BCUT2D eigenvalue weighted by atomic mass is 10.2. The molecule has 0 bridgehead atoms. The summed E-state index contributed by atoms with van der Waals surface area (Å²) in [6, 6.07) is 12.7. The summed E-state index contributed by atoms with van der Waals surface area (Å²) in [5.41, 5.74) is 3.50. The summed E-state index contributed by atoms with van der Waals surface area (Å²) >= 11 is 0. The number of nitrogens with one attached hydrogen (secondary N) is 2. The summed E-state index contributed by atoms with van der Waals surface area (Å²) in [4.78, 5) is 10.5. The molecule has 0 aliphatic heterocycles. The number of hydrogen-bond donors (Lipinski definition) is 2. The maximum Gasteiger partial charge on any atom is 0.273 e. The van der Waals surface area contributed by atoms with Gasteiger partial charge in [-0.15, -0.1) is 0 Å². The summed E-state index contributed by atoms with van der Waals surface area (Å²) in [6.45, 7) is 2.01. The summed E-state index contributed by atoms with van der Waals surface area (Å²) in [7, 11) is 1.73. The van der Waals surface area contributed by atoms with Gasteiger partial charge in [0.05, 0.1) is 4.92 Å². The lowest BCUT2D eigenvalue weighted by molar-refractivity contribution is -0.384. The number of non-ortho nitro benzene ring substituents is 1. The van der Waals surface area contributed by atoms with Gasteiger partial charge >= 0.3 is 0 Å². The second-order valence-corrected chi connectivity index (χ2v) is 4.27. The van der Waals surface area contributed by atoms with E-state index in [1.807, 2.05) is 37.3 Å². The zero-order valence-corrected chi connectivity index (χ0v) is 10.8. The first-order valence-electron chi connectivity index (χ1n) is 5.89. The van der Waals surface area contributed by atoms with Gasteiger partial charge in [-0.3, -0.25) is 10.1 Å². The van der Waals surface area contributed by atoms with Gasteiger partial charge in [0.2, 0.25) is 0 Å². The fraction of sp³-hybridized carbons (Fsp3) is 0.143. The van der Waals surface area contributed by atoms with Crippen LogP contribution in [-0.4, -0.2) is 12.0 Å². The Balaban J connectivity index is 2.31. The van der Waals surface area contributed by atoms with Crippen molar-refractivity contribution in [3.05, 3.63) is 58.1 Å². The molecule has 5 nitrogen and oxygen atoms in total. The van der Waals surface area contributed by atoms with Crippen LogP contribution in [0.3, 0.4) is 0 Å². The van der Waals surface area contributed by atoms with Crippen molar-refractivity contribution in [2.45, 2.75) is 6.92 Å². The van der Waals surface area contributed by atoms with E-state index < -0.39 is 4.92 Å². The SMILES string of the molecule is CNc1cc(Nc2ccc(C)cc2)cc([N+](=O)[O-])c1. The largest absolute Gasteiger partial charge is 0.388 e. The van der Waals surface area contributed by atoms with Crippen molar-refractivity contribution >= 4 is 22.7 Å². The maximum absolute atomic E-state index is 10.9. The van der Waals surface area contributed by atoms with E-state index in [-0.39, 0.29) is 5.69 Å². The van der Waals surface area contributed by atoms with Crippen LogP contribution >= 0.6 is 0 Å². The molecule has 0 aliphatic rings. The van der Waals surface area contributed by atoms with Crippen LogP contribution in [0.1, 0.15) is 5.56 Å². The highest BCUT2D eigenvalue weighted by Crippen LogP contribution is 2.26. The first kappa shape index (κ1) is 12.9. The van der Waals surface area contributed by atoms with Gasteiger partial charge in [-0.2, -0.15) is 0 Å². The molecule has 0 unspecified atom stereocenters. The molecular formula is C14H15N3O2. The van der Waals surface area contributed by atoms with Gasteiger partial charge in [0.25, 0.3) is 5.69 Å². The predicted octanol–water partition coefficient (Wildman–Crippen LogP) is 3.69. The van der Waals surface area contributed by atoms with E-state index in [0.29, 0.717) is 11.4 Å². The Morgan fingerprint density at radius 3 is 2.21 bits per heavy atom. The number of nitrogens with zero attached hydrogens (tertiary/aromatic N) is 1. The van der Waals surface area contributed by atoms with E-state index in [2.05, 4.69) is 10.6 Å². The number of nitro benzene ring substituents is 1. The Bertz CT molecular complexity index is 594. The minimum atomic E-state index is -0.402. The topological polar surface area (TPSA) is 67.2 Å². The van der Waals surface area contributed by atoms with Crippen LogP contribution < -0.4 is 10.6 Å². The fourth-order valence-electron chi connectivity index (χ4n) is 1.74. The fourth-order valence-corrected chi connectivity index (χ4v) is 1.74. The van der Waals surface area contributed by atoms with Crippen LogP contribution in [0, 0.1) is 17.0 Å². The summed E-state index contributed by atoms with van der Waals surface area (Å²) in [6.07, 6.45) is 0. The molecule has 0 radical (unpaired) electrons. The summed E-state index contributed by atoms with van der Waals surface area (Å²) in [5.74, 6) is 0. The van der Waals surface area contributed by atoms with Crippen LogP contribution in [0.2, 0.25) is 0 Å². The number of anilines is 3. The van der Waals surface area contributed by atoms with E-state index in [9.17, 15) is 10.1 Å². The Labute approximate surface area is 111 Å². The van der Waals surface area contributed by atoms with Gasteiger partial charge in [-0.05, 0) is 25.1 Å². The van der Waals surface area contributed by atoms with Crippen molar-refractivity contribution in [1.29, 1.82) is 0 Å². The van der Waals surface area contributed by atoms with E-state index in [0.717, 1.165) is 5.69 Å². The predicted molar refractivity (Wildman–Crippen MR) is 77.1 cm³/mol. The molecule has 0 spiro atoms. The third-order valence-electron chi connectivity index (χ3n) is 2.76. The smallest absolute Gasteiger partial charge is 0.273 e. The monoisotopic (exact) mass is 257 g/mol. The highest BCUT2D eigenvalue weighted by molar-refractivity contribution is 5.68. The normalized spacial score (nSPS) is 10.0. The van der Waals surface area contributed by atoms with Crippen LogP contribution in [0.15, 0.2) is 42.5 Å². The molecule has 0 fully saturated rings. The second kappa shape index (κ2) is 5.39. The minimum absolute atomic E-state index is 0.0569. The zero-order valence-electron chi connectivity index (χ0n) is 10.8. The molecule has 0 aliphatic carbocycles. The minimum Gasteiger partial charge on any atom is -0.388 e. The number of rotatable bonds is 4. The van der Waals surface area contributed by atoms with E-state index >= 15 is 0 Å². The van der Waals surface area contributed by atoms with Gasteiger partial charge < -0.3 is 10.6 Å². The summed E-state index contributed by atoms with van der Waals surface area (Å²) < 4.78 is 0. The standard InChI is InChI=1S/C14H15N3O2/c1-10-3-5-11(6-4-10)16-13-7-12(15-2)8-14(9-13)17(18)19/h3-9,15-16H,1-2H3. The van der Waals surface area contributed by atoms with Crippen molar-refractivity contribution in [3.63, 3.8) is 0 Å². The average Bonchev–Trinajstić information content (AvgIpc) is 2.41. The quantitative estimate of drug-likeness (QED) is 0.647. The molecule has 5 heteroatoms. The molecule has 0 aromatic heterocycles. The van der Waals surface area contributed by atoms with E-state index in [1.54, 1.807) is 7.05 Å². The summed E-state index contributed by atoms with van der Waals surface area (Å²) in [5, 5.41) is 16.9. The average molecular weight is 257 g/mol. The van der Waals surface area contributed by atoms with E-state index in [4.69, 9.17) is 0 Å². The molecule has 0 saturated carbocycles. The van der Waals surface area contributed by atoms with E-state index in [1.165, 1.54) is 17.7 Å². The van der Waals surface area contributed by atoms with Crippen molar-refractivity contribution in [3.8, 4) is 0 Å². The number of aryl methyl sites for hydroxylation is 1. The Hall–Kier alpha value is -2.56. The molecule has 98 valence electrons. The lowest BCUT2D eigenvalue weighted by Crippen LogP contribution is -1.96. The molecule has 2 aromatic carbocycles. The Morgan fingerprint density at radius 1 is 1.00 bits per heavy atom. The maximum atomic E-state index is 10.9. The van der Waals surface area contributed by atoms with Crippen molar-refractivity contribution < 1.29 is 4.92 Å². The van der Waals surface area contributed by atoms with Gasteiger partial charge in [0.15, 0.2) is 0 Å². The molecule has 2 rings (SSSR count). The Kier molecular flexibility index (Phi) is 3.66. The van der Waals surface area contributed by atoms with Crippen LogP contribution in [-0.2, 0) is 0 Å². The first-order valence-corrected chi connectivity index (χ1v) is 5.89. The number of nitro groups is 1. The lowest BCUT2D eigenvalue weighted by Gasteiger charge is -2.09. The van der Waals surface area contributed by atoms with Gasteiger partial charge in [-0.25, -0.2) is 0 Å². The van der Waals surface area contributed by atoms with Gasteiger partial charge in [-0.1, -0.05) is 17.7 Å². The molecule has 2 N–H and O–H groups in total. The van der Waals surface area contributed by atoms with Crippen LogP contribution in [0.25, 0.3) is 0 Å². The van der Waals surface area contributed by atoms with Crippen molar-refractivity contribution in [2.75, 3.05) is 17.7 Å². The van der Waals surface area contributed by atoms with Crippen molar-refractivity contribution in [1.82, 2.24) is 0 Å². The first-order chi connectivity index (χ1) is 9.08. The van der Waals surface area contributed by atoms with Gasteiger partial charge in [0.1, 0.15) is 0 Å². The third kappa shape index (κ3) is 3.22. The Morgan fingerprint density at radius 2 is 1.63 bits per heavy atom. The molecule has 0 amide bonds. The second-order valence-electron chi connectivity index (χ2n) is 4.27. The molecule has 19 heavy (non-hydrogen) atoms. The molecule has 2 aromatic rings.